The lowest BCUT2D eigenvalue weighted by atomic mass is 9.84. The van der Waals surface area contributed by atoms with Crippen molar-refractivity contribution in [2.24, 2.45) is 0 Å². The maximum atomic E-state index is 12.9. The summed E-state index contributed by atoms with van der Waals surface area (Å²) < 4.78 is 0. The van der Waals surface area contributed by atoms with Crippen LogP contribution in [0.1, 0.15) is 53.6 Å². The lowest BCUT2D eigenvalue weighted by Gasteiger charge is -2.36. The first-order chi connectivity index (χ1) is 12.3. The summed E-state index contributed by atoms with van der Waals surface area (Å²) in [4.78, 5) is 15.4. The number of hydrogen-bond acceptors (Lipinski definition) is 2. The third-order valence-corrected chi connectivity index (χ3v) is 5.49. The van der Waals surface area contributed by atoms with Gasteiger partial charge < -0.3 is 4.90 Å². The summed E-state index contributed by atoms with van der Waals surface area (Å²) in [5.41, 5.74) is 6.18. The van der Waals surface area contributed by atoms with Crippen molar-refractivity contribution in [1.29, 1.82) is 0 Å². The van der Waals surface area contributed by atoms with Crippen molar-refractivity contribution >= 4 is 11.4 Å². The molecule has 2 aromatic rings. The predicted octanol–water partition coefficient (Wildman–Crippen LogP) is 5.10. The Hall–Kier alpha value is -2.35. The number of Topliss-reactive ketones (excluding diaryl/α,β-unsaturated/α-hetero) is 1. The first-order valence-electron chi connectivity index (χ1n) is 9.46. The van der Waals surface area contributed by atoms with Crippen LogP contribution in [0.4, 0.5) is 0 Å². The van der Waals surface area contributed by atoms with Crippen molar-refractivity contribution < 1.29 is 4.79 Å². The van der Waals surface area contributed by atoms with Crippen LogP contribution in [0.3, 0.4) is 0 Å². The Labute approximate surface area is 150 Å². The number of fused-ring (bicyclic) bond motifs is 1. The number of aryl methyl sites for hydroxylation is 1. The van der Waals surface area contributed by atoms with E-state index >= 15 is 0 Å². The molecule has 25 heavy (non-hydrogen) atoms. The fourth-order valence-electron chi connectivity index (χ4n) is 4.19. The van der Waals surface area contributed by atoms with Crippen molar-refractivity contribution in [1.82, 2.24) is 4.90 Å². The molecule has 2 heteroatoms. The van der Waals surface area contributed by atoms with Gasteiger partial charge in [0.25, 0.3) is 0 Å². The molecule has 1 heterocycles. The second-order valence-corrected chi connectivity index (χ2v) is 7.10. The monoisotopic (exact) mass is 331 g/mol. The van der Waals surface area contributed by atoms with Crippen LogP contribution in [0.2, 0.25) is 0 Å². The number of hydrogen-bond donors (Lipinski definition) is 0. The summed E-state index contributed by atoms with van der Waals surface area (Å²) in [5.74, 6) is 0.224. The van der Waals surface area contributed by atoms with Crippen molar-refractivity contribution in [2.75, 3.05) is 13.1 Å². The molecule has 0 N–H and O–H groups in total. The summed E-state index contributed by atoms with van der Waals surface area (Å²) in [5, 5.41) is 0. The van der Waals surface area contributed by atoms with Crippen molar-refractivity contribution in [3.05, 3.63) is 77.0 Å². The van der Waals surface area contributed by atoms with Gasteiger partial charge in [0.05, 0.1) is 0 Å². The fraction of sp³-hybridized carbons (Fsp3) is 0.348. The Balaban J connectivity index is 1.71. The van der Waals surface area contributed by atoms with Gasteiger partial charge in [-0.1, -0.05) is 54.6 Å². The maximum absolute atomic E-state index is 12.9. The summed E-state index contributed by atoms with van der Waals surface area (Å²) in [6, 6.07) is 18.3. The van der Waals surface area contributed by atoms with E-state index in [0.29, 0.717) is 6.42 Å². The number of carbonyl (C=O) groups is 1. The molecule has 2 nitrogen and oxygen atoms in total. The zero-order valence-electron chi connectivity index (χ0n) is 14.7. The van der Waals surface area contributed by atoms with Gasteiger partial charge in [-0.15, -0.1) is 0 Å². The van der Waals surface area contributed by atoms with Crippen molar-refractivity contribution in [2.45, 2.75) is 38.5 Å². The molecule has 1 fully saturated rings. The Morgan fingerprint density at radius 3 is 2.36 bits per heavy atom. The lowest BCUT2D eigenvalue weighted by Crippen LogP contribution is -2.31. The summed E-state index contributed by atoms with van der Waals surface area (Å²) in [7, 11) is 0. The topological polar surface area (TPSA) is 20.3 Å². The van der Waals surface area contributed by atoms with Crippen LogP contribution in [-0.2, 0) is 6.42 Å². The first-order valence-corrected chi connectivity index (χ1v) is 9.46. The number of piperidine rings is 1. The maximum Gasteiger partial charge on any atom is 0.167 e. The molecule has 1 aliphatic heterocycles. The van der Waals surface area contributed by atoms with Crippen LogP contribution in [0.5, 0.6) is 0 Å². The molecule has 0 unspecified atom stereocenters. The second kappa shape index (κ2) is 7.26. The van der Waals surface area contributed by atoms with E-state index in [2.05, 4.69) is 29.2 Å². The summed E-state index contributed by atoms with van der Waals surface area (Å²) in [6.45, 7) is 2.28. The predicted molar refractivity (Wildman–Crippen MR) is 102 cm³/mol. The van der Waals surface area contributed by atoms with Gasteiger partial charge in [0, 0.05) is 30.8 Å². The largest absolute Gasteiger partial charge is 0.375 e. The number of rotatable bonds is 4. The lowest BCUT2D eigenvalue weighted by molar-refractivity contribution is 0.0997. The molecule has 0 aromatic heterocycles. The van der Waals surface area contributed by atoms with E-state index in [1.807, 2.05) is 30.3 Å². The van der Waals surface area contributed by atoms with Crippen LogP contribution in [0, 0.1) is 0 Å². The van der Waals surface area contributed by atoms with Crippen LogP contribution in [-0.4, -0.2) is 23.8 Å². The molecule has 0 saturated carbocycles. The Morgan fingerprint density at radius 1 is 0.840 bits per heavy atom. The van der Waals surface area contributed by atoms with Crippen LogP contribution in [0.15, 0.2) is 60.3 Å². The second-order valence-electron chi connectivity index (χ2n) is 7.10. The van der Waals surface area contributed by atoms with Crippen LogP contribution < -0.4 is 0 Å². The van der Waals surface area contributed by atoms with Gasteiger partial charge in [0.1, 0.15) is 0 Å². The summed E-state index contributed by atoms with van der Waals surface area (Å²) >= 11 is 0. The van der Waals surface area contributed by atoms with Crippen molar-refractivity contribution in [3.63, 3.8) is 0 Å². The van der Waals surface area contributed by atoms with Crippen molar-refractivity contribution in [3.8, 4) is 0 Å². The minimum atomic E-state index is 0.224. The molecular weight excluding hydrogens is 306 g/mol. The molecule has 128 valence electrons. The third-order valence-electron chi connectivity index (χ3n) is 5.49. The molecule has 1 aliphatic carbocycles. The third kappa shape index (κ3) is 3.39. The van der Waals surface area contributed by atoms with Gasteiger partial charge >= 0.3 is 0 Å². The summed E-state index contributed by atoms with van der Waals surface area (Å²) in [6.07, 6.45) is 6.53. The number of benzene rings is 2. The molecule has 0 radical (unpaired) electrons. The van der Waals surface area contributed by atoms with E-state index in [1.165, 1.54) is 41.7 Å². The van der Waals surface area contributed by atoms with Gasteiger partial charge in [0.2, 0.25) is 0 Å². The smallest absolute Gasteiger partial charge is 0.167 e. The average molecular weight is 331 g/mol. The van der Waals surface area contributed by atoms with Gasteiger partial charge in [-0.05, 0) is 48.8 Å². The van der Waals surface area contributed by atoms with E-state index in [1.54, 1.807) is 0 Å². The normalized spacial score (nSPS) is 17.4. The molecule has 0 atom stereocenters. The molecular formula is C23H25NO. The molecule has 4 rings (SSSR count). The highest BCUT2D eigenvalue weighted by Gasteiger charge is 2.25. The minimum absolute atomic E-state index is 0.224. The quantitative estimate of drug-likeness (QED) is 0.726. The molecule has 2 aliphatic rings. The first kappa shape index (κ1) is 16.1. The number of likely N-dealkylation sites (tertiary alicyclic amines) is 1. The Morgan fingerprint density at radius 2 is 1.56 bits per heavy atom. The van der Waals surface area contributed by atoms with Gasteiger partial charge in [0.15, 0.2) is 5.78 Å². The zero-order valence-corrected chi connectivity index (χ0v) is 14.7. The average Bonchev–Trinajstić information content (AvgIpc) is 2.69. The van der Waals surface area contributed by atoms with Gasteiger partial charge in [-0.2, -0.15) is 0 Å². The SMILES string of the molecule is O=C(CC1=C(N2CCCCC2)CCc2ccccc21)c1ccccc1. The van der Waals surface area contributed by atoms with Gasteiger partial charge in [-0.3, -0.25) is 4.79 Å². The van der Waals surface area contributed by atoms with E-state index in [0.717, 1.165) is 31.5 Å². The molecule has 0 bridgehead atoms. The number of ketones is 1. The zero-order chi connectivity index (χ0) is 17.1. The number of allylic oxidation sites excluding steroid dienone is 2. The Kier molecular flexibility index (Phi) is 4.69. The highest BCUT2D eigenvalue weighted by atomic mass is 16.1. The van der Waals surface area contributed by atoms with E-state index in [4.69, 9.17) is 0 Å². The molecule has 0 spiro atoms. The van der Waals surface area contributed by atoms with E-state index in [9.17, 15) is 4.79 Å². The number of nitrogens with zero attached hydrogens (tertiary/aromatic N) is 1. The minimum Gasteiger partial charge on any atom is -0.375 e. The standard InChI is InChI=1S/C23H25NO/c25-23(19-10-3-1-4-11-19)17-21-20-12-6-5-9-18(20)13-14-22(21)24-15-7-2-8-16-24/h1,3-6,9-12H,2,7-8,13-17H2. The van der Waals surface area contributed by atoms with Crippen LogP contribution in [0.25, 0.3) is 5.57 Å². The highest BCUT2D eigenvalue weighted by molar-refractivity contribution is 6.03. The molecule has 1 saturated heterocycles. The number of carbonyl (C=O) groups excluding carboxylic acids is 1. The molecule has 2 aromatic carbocycles. The van der Waals surface area contributed by atoms with Gasteiger partial charge in [-0.25, -0.2) is 0 Å². The van der Waals surface area contributed by atoms with E-state index in [-0.39, 0.29) is 5.78 Å². The Bertz CT molecular complexity index is 785. The van der Waals surface area contributed by atoms with E-state index < -0.39 is 0 Å². The molecule has 0 amide bonds. The highest BCUT2D eigenvalue weighted by Crippen LogP contribution is 2.36. The fourth-order valence-corrected chi connectivity index (χ4v) is 4.19. The van der Waals surface area contributed by atoms with Crippen LogP contribution >= 0.6 is 0 Å².